The number of hydrogen-bond donors (Lipinski definition) is 0. The molecule has 0 unspecified atom stereocenters. The van der Waals surface area contributed by atoms with Gasteiger partial charge in [-0.2, -0.15) is 4.31 Å². The van der Waals surface area contributed by atoms with Crippen molar-refractivity contribution in [3.05, 3.63) is 23.3 Å². The Bertz CT molecular complexity index is 869. The summed E-state index contributed by atoms with van der Waals surface area (Å²) >= 11 is 0. The second-order valence-corrected chi connectivity index (χ2v) is 11.1. The standard InChI is InChI=1S/C21H30N2O4S/c1-14(2)12-28(24,25)23-6-3-4-16-11-22-7-5-15-8-20-21(27-13-26-20)9-17(15)19(22)10-18(16)23/h8-9,14,16,18-19H,3-7,10-13H2,1-2H3/t16-,18+,19+/m1/s1. The maximum Gasteiger partial charge on any atom is 0.231 e. The molecule has 154 valence electrons. The highest BCUT2D eigenvalue weighted by Crippen LogP contribution is 2.46. The van der Waals surface area contributed by atoms with Crippen LogP contribution in [0.1, 0.15) is 50.3 Å². The van der Waals surface area contributed by atoms with Crippen molar-refractivity contribution < 1.29 is 17.9 Å². The van der Waals surface area contributed by atoms with Gasteiger partial charge in [0.2, 0.25) is 16.8 Å². The number of ether oxygens (including phenoxy) is 2. The van der Waals surface area contributed by atoms with Gasteiger partial charge < -0.3 is 9.47 Å². The first-order valence-electron chi connectivity index (χ1n) is 10.6. The third-order valence-electron chi connectivity index (χ3n) is 6.81. The normalized spacial score (nSPS) is 30.0. The zero-order chi connectivity index (χ0) is 19.5. The summed E-state index contributed by atoms with van der Waals surface area (Å²) < 4.78 is 39.2. The third kappa shape index (κ3) is 3.12. The maximum atomic E-state index is 13.1. The Labute approximate surface area is 167 Å². The van der Waals surface area contributed by atoms with E-state index in [1.54, 1.807) is 0 Å². The average Bonchev–Trinajstić information content (AvgIpc) is 3.10. The summed E-state index contributed by atoms with van der Waals surface area (Å²) in [5, 5.41) is 0. The zero-order valence-electron chi connectivity index (χ0n) is 16.8. The Kier molecular flexibility index (Phi) is 4.60. The van der Waals surface area contributed by atoms with E-state index in [0.29, 0.717) is 19.3 Å². The van der Waals surface area contributed by atoms with Crippen LogP contribution < -0.4 is 9.47 Å². The predicted octanol–water partition coefficient (Wildman–Crippen LogP) is 2.78. The molecule has 7 heteroatoms. The molecular weight excluding hydrogens is 376 g/mol. The number of nitrogens with zero attached hydrogens (tertiary/aromatic N) is 2. The molecule has 1 aromatic carbocycles. The van der Waals surface area contributed by atoms with E-state index in [4.69, 9.17) is 9.47 Å². The van der Waals surface area contributed by atoms with Gasteiger partial charge in [-0.3, -0.25) is 4.90 Å². The number of benzene rings is 1. The number of rotatable bonds is 3. The molecule has 6 nitrogen and oxygen atoms in total. The fourth-order valence-electron chi connectivity index (χ4n) is 5.66. The lowest BCUT2D eigenvalue weighted by atomic mass is 9.77. The lowest BCUT2D eigenvalue weighted by Crippen LogP contribution is -2.57. The first-order valence-corrected chi connectivity index (χ1v) is 12.2. The lowest BCUT2D eigenvalue weighted by Gasteiger charge is -2.51. The number of piperidine rings is 2. The molecule has 0 amide bonds. The van der Waals surface area contributed by atoms with Crippen molar-refractivity contribution in [3.63, 3.8) is 0 Å². The SMILES string of the molecule is CC(C)CS(=O)(=O)N1CCC[C@@H]2CN3CCc4cc5c(cc4[C@@H]3C[C@@H]21)OCO5. The molecule has 2 fully saturated rings. The summed E-state index contributed by atoms with van der Waals surface area (Å²) in [4.78, 5) is 2.57. The summed E-state index contributed by atoms with van der Waals surface area (Å²) in [7, 11) is -3.21. The minimum absolute atomic E-state index is 0.120. The van der Waals surface area contributed by atoms with Crippen molar-refractivity contribution in [3.8, 4) is 11.5 Å². The molecule has 0 radical (unpaired) electrons. The van der Waals surface area contributed by atoms with Crippen LogP contribution in [0.15, 0.2) is 12.1 Å². The number of hydrogen-bond acceptors (Lipinski definition) is 5. The van der Waals surface area contributed by atoms with Gasteiger partial charge in [-0.15, -0.1) is 0 Å². The van der Waals surface area contributed by atoms with Gasteiger partial charge in [-0.1, -0.05) is 13.8 Å². The Balaban J connectivity index is 1.46. The maximum absolute atomic E-state index is 13.1. The average molecular weight is 407 g/mol. The lowest BCUT2D eigenvalue weighted by molar-refractivity contribution is 0.0218. The van der Waals surface area contributed by atoms with Crippen LogP contribution in [0.25, 0.3) is 0 Å². The van der Waals surface area contributed by atoms with E-state index in [1.807, 2.05) is 18.2 Å². The van der Waals surface area contributed by atoms with Gasteiger partial charge in [0.15, 0.2) is 11.5 Å². The predicted molar refractivity (Wildman–Crippen MR) is 107 cm³/mol. The highest BCUT2D eigenvalue weighted by Gasteiger charge is 2.46. The van der Waals surface area contributed by atoms with Gasteiger partial charge in [0.25, 0.3) is 0 Å². The molecule has 1 aromatic rings. The summed E-state index contributed by atoms with van der Waals surface area (Å²) in [5.41, 5.74) is 2.64. The Morgan fingerprint density at radius 2 is 1.96 bits per heavy atom. The van der Waals surface area contributed by atoms with E-state index < -0.39 is 10.0 Å². The molecule has 4 aliphatic heterocycles. The minimum atomic E-state index is -3.21. The van der Waals surface area contributed by atoms with Crippen LogP contribution in [-0.2, 0) is 16.4 Å². The van der Waals surface area contributed by atoms with Gasteiger partial charge in [0, 0.05) is 31.7 Å². The van der Waals surface area contributed by atoms with E-state index in [-0.39, 0.29) is 23.8 Å². The van der Waals surface area contributed by atoms with Crippen molar-refractivity contribution >= 4 is 10.0 Å². The molecule has 0 spiro atoms. The smallest absolute Gasteiger partial charge is 0.231 e. The van der Waals surface area contributed by atoms with Crippen molar-refractivity contribution in [2.24, 2.45) is 11.8 Å². The molecule has 0 saturated carbocycles. The van der Waals surface area contributed by atoms with Gasteiger partial charge in [0.05, 0.1) is 5.75 Å². The van der Waals surface area contributed by atoms with E-state index in [0.717, 1.165) is 50.3 Å². The van der Waals surface area contributed by atoms with E-state index >= 15 is 0 Å². The van der Waals surface area contributed by atoms with Crippen molar-refractivity contribution in [2.75, 3.05) is 32.2 Å². The van der Waals surface area contributed by atoms with E-state index in [2.05, 4.69) is 17.0 Å². The second-order valence-electron chi connectivity index (χ2n) is 9.15. The second kappa shape index (κ2) is 6.89. The van der Waals surface area contributed by atoms with Crippen LogP contribution >= 0.6 is 0 Å². The van der Waals surface area contributed by atoms with Crippen molar-refractivity contribution in [1.29, 1.82) is 0 Å². The minimum Gasteiger partial charge on any atom is -0.454 e. The van der Waals surface area contributed by atoms with Crippen LogP contribution in [0, 0.1) is 11.8 Å². The molecule has 3 atom stereocenters. The van der Waals surface area contributed by atoms with Crippen LogP contribution in [-0.4, -0.2) is 55.8 Å². The molecular formula is C21H30N2O4S. The summed E-state index contributed by atoms with van der Waals surface area (Å²) in [6.07, 6.45) is 4.02. The molecule has 0 aromatic heterocycles. The molecule has 0 N–H and O–H groups in total. The molecule has 0 bridgehead atoms. The van der Waals surface area contributed by atoms with Crippen LogP contribution in [0.4, 0.5) is 0 Å². The largest absolute Gasteiger partial charge is 0.454 e. The van der Waals surface area contributed by atoms with Gasteiger partial charge >= 0.3 is 0 Å². The van der Waals surface area contributed by atoms with Gasteiger partial charge in [-0.25, -0.2) is 8.42 Å². The summed E-state index contributed by atoms with van der Waals surface area (Å²) in [6, 6.07) is 4.67. The molecule has 4 aliphatic rings. The Morgan fingerprint density at radius 1 is 1.18 bits per heavy atom. The quantitative estimate of drug-likeness (QED) is 0.773. The highest BCUT2D eigenvalue weighted by atomic mass is 32.2. The Hall–Kier alpha value is -1.31. The molecule has 0 aliphatic carbocycles. The first kappa shape index (κ1) is 18.7. The Morgan fingerprint density at radius 3 is 2.75 bits per heavy atom. The van der Waals surface area contributed by atoms with Gasteiger partial charge in [0.1, 0.15) is 0 Å². The number of sulfonamides is 1. The van der Waals surface area contributed by atoms with Gasteiger partial charge in [-0.05, 0) is 60.8 Å². The van der Waals surface area contributed by atoms with Crippen LogP contribution in [0.3, 0.4) is 0 Å². The first-order chi connectivity index (χ1) is 13.4. The summed E-state index contributed by atoms with van der Waals surface area (Å²) in [6.45, 7) is 6.98. The molecule has 28 heavy (non-hydrogen) atoms. The third-order valence-corrected chi connectivity index (χ3v) is 9.06. The highest BCUT2D eigenvalue weighted by molar-refractivity contribution is 7.89. The van der Waals surface area contributed by atoms with E-state index in [9.17, 15) is 8.42 Å². The topological polar surface area (TPSA) is 59.1 Å². The monoisotopic (exact) mass is 406 g/mol. The molecule has 5 rings (SSSR count). The molecule has 4 heterocycles. The summed E-state index contributed by atoms with van der Waals surface area (Å²) in [5.74, 6) is 2.53. The van der Waals surface area contributed by atoms with Crippen molar-refractivity contribution in [1.82, 2.24) is 9.21 Å². The van der Waals surface area contributed by atoms with Crippen LogP contribution in [0.2, 0.25) is 0 Å². The van der Waals surface area contributed by atoms with Crippen molar-refractivity contribution in [2.45, 2.75) is 51.6 Å². The molecule has 2 saturated heterocycles. The fourth-order valence-corrected chi connectivity index (χ4v) is 7.77. The number of fused-ring (bicyclic) bond motifs is 5. The van der Waals surface area contributed by atoms with E-state index in [1.165, 1.54) is 11.1 Å². The fraction of sp³-hybridized carbons (Fsp3) is 0.714. The zero-order valence-corrected chi connectivity index (χ0v) is 17.6. The van der Waals surface area contributed by atoms with Crippen LogP contribution in [0.5, 0.6) is 11.5 Å².